The van der Waals surface area contributed by atoms with Crippen molar-refractivity contribution < 1.29 is 4.79 Å². The molecule has 0 saturated heterocycles. The molecule has 0 aliphatic heterocycles. The number of hydrogen-bond donors (Lipinski definition) is 1. The first-order valence-corrected chi connectivity index (χ1v) is 8.26. The molecular weight excluding hydrogens is 316 g/mol. The molecule has 25 heavy (non-hydrogen) atoms. The van der Waals surface area contributed by atoms with Gasteiger partial charge in [-0.05, 0) is 37.5 Å². The number of aryl methyl sites for hydroxylation is 2. The van der Waals surface area contributed by atoms with Crippen LogP contribution in [0.25, 0.3) is 22.0 Å². The van der Waals surface area contributed by atoms with Gasteiger partial charge in [0.1, 0.15) is 5.82 Å². The Kier molecular flexibility index (Phi) is 3.60. The molecule has 0 spiro atoms. The molecule has 0 atom stereocenters. The molecule has 1 aliphatic rings. The Labute approximate surface area is 144 Å². The zero-order chi connectivity index (χ0) is 17.6. The number of amides is 1. The lowest BCUT2D eigenvalue weighted by molar-refractivity contribution is -0.117. The van der Waals surface area contributed by atoms with Crippen LogP contribution in [0.15, 0.2) is 41.6 Å². The molecule has 6 heteroatoms. The Morgan fingerprint density at radius 2 is 2.04 bits per heavy atom. The van der Waals surface area contributed by atoms with Crippen molar-refractivity contribution in [1.29, 1.82) is 0 Å². The van der Waals surface area contributed by atoms with Crippen LogP contribution in [0.2, 0.25) is 0 Å². The van der Waals surface area contributed by atoms with Crippen LogP contribution in [0.1, 0.15) is 18.4 Å². The molecule has 1 amide bonds. The van der Waals surface area contributed by atoms with Gasteiger partial charge in [-0.25, -0.2) is 4.98 Å². The van der Waals surface area contributed by atoms with Gasteiger partial charge in [-0.2, -0.15) is 0 Å². The lowest BCUT2D eigenvalue weighted by Gasteiger charge is -2.11. The lowest BCUT2D eigenvalue weighted by atomic mass is 10.0. The standard InChI is InChI=1S/C19H18N4O2/c1-11-5-6-20-10-15(11)14-7-13-9-21-17(22-18(24)12-3-4-12)8-16(13)23(2)19(14)25/h5-10,12H,3-4H2,1-2H3,(H,21,22,24). The third-order valence-electron chi connectivity index (χ3n) is 4.64. The van der Waals surface area contributed by atoms with E-state index in [4.69, 9.17) is 0 Å². The molecule has 3 heterocycles. The van der Waals surface area contributed by atoms with E-state index < -0.39 is 0 Å². The summed E-state index contributed by atoms with van der Waals surface area (Å²) in [6.07, 6.45) is 6.97. The number of nitrogens with one attached hydrogen (secondary N) is 1. The average molecular weight is 334 g/mol. The minimum atomic E-state index is -0.103. The fourth-order valence-electron chi connectivity index (χ4n) is 2.95. The third kappa shape index (κ3) is 2.80. The first-order chi connectivity index (χ1) is 12.0. The first kappa shape index (κ1) is 15.5. The minimum Gasteiger partial charge on any atom is -0.311 e. The van der Waals surface area contributed by atoms with Gasteiger partial charge in [0.25, 0.3) is 5.56 Å². The number of anilines is 1. The number of pyridine rings is 3. The Morgan fingerprint density at radius 3 is 2.76 bits per heavy atom. The van der Waals surface area contributed by atoms with E-state index in [0.29, 0.717) is 11.4 Å². The summed E-state index contributed by atoms with van der Waals surface area (Å²) in [5.41, 5.74) is 3.03. The summed E-state index contributed by atoms with van der Waals surface area (Å²) in [6, 6.07) is 5.46. The van der Waals surface area contributed by atoms with E-state index >= 15 is 0 Å². The van der Waals surface area contributed by atoms with Crippen molar-refractivity contribution in [3.63, 3.8) is 0 Å². The van der Waals surface area contributed by atoms with E-state index in [1.54, 1.807) is 36.3 Å². The van der Waals surface area contributed by atoms with Crippen LogP contribution in [0.3, 0.4) is 0 Å². The van der Waals surface area contributed by atoms with Crippen molar-refractivity contribution in [3.05, 3.63) is 52.7 Å². The maximum Gasteiger partial charge on any atom is 0.258 e. The number of carbonyl (C=O) groups excluding carboxylic acids is 1. The normalized spacial score (nSPS) is 13.8. The maximum absolute atomic E-state index is 12.8. The van der Waals surface area contributed by atoms with Crippen molar-refractivity contribution in [2.75, 3.05) is 5.32 Å². The molecule has 4 rings (SSSR count). The molecule has 0 unspecified atom stereocenters. The SMILES string of the molecule is Cc1ccncc1-c1cc2cnc(NC(=O)C3CC3)cc2n(C)c1=O. The van der Waals surface area contributed by atoms with Crippen LogP contribution >= 0.6 is 0 Å². The van der Waals surface area contributed by atoms with E-state index in [9.17, 15) is 9.59 Å². The second-order valence-electron chi connectivity index (χ2n) is 6.50. The van der Waals surface area contributed by atoms with Gasteiger partial charge in [-0.1, -0.05) is 0 Å². The molecule has 0 radical (unpaired) electrons. The predicted octanol–water partition coefficient (Wildman–Crippen LogP) is 2.65. The van der Waals surface area contributed by atoms with E-state index in [1.807, 2.05) is 19.1 Å². The van der Waals surface area contributed by atoms with Gasteiger partial charge in [-0.3, -0.25) is 14.6 Å². The van der Waals surface area contributed by atoms with Crippen molar-refractivity contribution in [2.45, 2.75) is 19.8 Å². The zero-order valence-corrected chi connectivity index (χ0v) is 14.1. The van der Waals surface area contributed by atoms with Gasteiger partial charge in [0.2, 0.25) is 5.91 Å². The molecule has 6 nitrogen and oxygen atoms in total. The topological polar surface area (TPSA) is 76.9 Å². The number of carbonyl (C=O) groups is 1. The molecule has 0 bridgehead atoms. The number of nitrogens with zero attached hydrogens (tertiary/aromatic N) is 3. The van der Waals surface area contributed by atoms with Crippen LogP contribution in [-0.4, -0.2) is 20.4 Å². The molecule has 0 aromatic carbocycles. The predicted molar refractivity (Wildman–Crippen MR) is 96.3 cm³/mol. The Balaban J connectivity index is 1.82. The summed E-state index contributed by atoms with van der Waals surface area (Å²) in [4.78, 5) is 33.2. The second-order valence-corrected chi connectivity index (χ2v) is 6.50. The summed E-state index contributed by atoms with van der Waals surface area (Å²) >= 11 is 0. The summed E-state index contributed by atoms with van der Waals surface area (Å²) in [6.45, 7) is 1.95. The Hall–Kier alpha value is -3.02. The largest absolute Gasteiger partial charge is 0.311 e. The highest BCUT2D eigenvalue weighted by molar-refractivity contribution is 5.95. The van der Waals surface area contributed by atoms with Crippen molar-refractivity contribution in [3.8, 4) is 11.1 Å². The first-order valence-electron chi connectivity index (χ1n) is 8.26. The number of fused-ring (bicyclic) bond motifs is 1. The van der Waals surface area contributed by atoms with Gasteiger partial charge in [-0.15, -0.1) is 0 Å². The van der Waals surface area contributed by atoms with E-state index in [2.05, 4.69) is 15.3 Å². The molecule has 1 aliphatic carbocycles. The Morgan fingerprint density at radius 1 is 1.24 bits per heavy atom. The highest BCUT2D eigenvalue weighted by Gasteiger charge is 2.29. The second kappa shape index (κ2) is 5.81. The van der Waals surface area contributed by atoms with Crippen molar-refractivity contribution in [1.82, 2.24) is 14.5 Å². The zero-order valence-electron chi connectivity index (χ0n) is 14.1. The fraction of sp³-hybridized carbons (Fsp3) is 0.263. The Bertz CT molecular complexity index is 1050. The third-order valence-corrected chi connectivity index (χ3v) is 4.64. The van der Waals surface area contributed by atoms with Gasteiger partial charge >= 0.3 is 0 Å². The summed E-state index contributed by atoms with van der Waals surface area (Å²) in [5, 5.41) is 3.66. The number of aromatic nitrogens is 3. The fourth-order valence-corrected chi connectivity index (χ4v) is 2.95. The molecule has 1 fully saturated rings. The molecule has 1 N–H and O–H groups in total. The summed E-state index contributed by atoms with van der Waals surface area (Å²) < 4.78 is 1.59. The molecule has 1 saturated carbocycles. The quantitative estimate of drug-likeness (QED) is 0.799. The van der Waals surface area contributed by atoms with E-state index in [1.165, 1.54) is 0 Å². The van der Waals surface area contributed by atoms with Crippen LogP contribution in [-0.2, 0) is 11.8 Å². The van der Waals surface area contributed by atoms with Gasteiger partial charge in [0.05, 0.1) is 5.52 Å². The highest BCUT2D eigenvalue weighted by Crippen LogP contribution is 2.30. The van der Waals surface area contributed by atoms with Crippen LogP contribution in [0.4, 0.5) is 5.82 Å². The number of hydrogen-bond acceptors (Lipinski definition) is 4. The smallest absolute Gasteiger partial charge is 0.258 e. The molecule has 3 aromatic rings. The minimum absolute atomic E-state index is 0.000505. The molecular formula is C19H18N4O2. The summed E-state index contributed by atoms with van der Waals surface area (Å²) in [5.74, 6) is 0.585. The van der Waals surface area contributed by atoms with Crippen molar-refractivity contribution >= 4 is 22.6 Å². The van der Waals surface area contributed by atoms with Crippen LogP contribution in [0, 0.1) is 12.8 Å². The molecule has 3 aromatic heterocycles. The van der Waals surface area contributed by atoms with E-state index in [0.717, 1.165) is 34.9 Å². The summed E-state index contributed by atoms with van der Waals surface area (Å²) in [7, 11) is 1.73. The molecule has 126 valence electrons. The van der Waals surface area contributed by atoms with Crippen LogP contribution in [0.5, 0.6) is 0 Å². The van der Waals surface area contributed by atoms with E-state index in [-0.39, 0.29) is 17.4 Å². The van der Waals surface area contributed by atoms with Gasteiger partial charge in [0.15, 0.2) is 0 Å². The maximum atomic E-state index is 12.8. The van der Waals surface area contributed by atoms with Gasteiger partial charge in [0, 0.05) is 54.1 Å². The van der Waals surface area contributed by atoms with Crippen molar-refractivity contribution in [2.24, 2.45) is 13.0 Å². The lowest BCUT2D eigenvalue weighted by Crippen LogP contribution is -2.20. The monoisotopic (exact) mass is 334 g/mol. The van der Waals surface area contributed by atoms with Gasteiger partial charge < -0.3 is 9.88 Å². The average Bonchev–Trinajstić information content (AvgIpc) is 3.44. The highest BCUT2D eigenvalue weighted by atomic mass is 16.2. The number of rotatable bonds is 3. The van der Waals surface area contributed by atoms with Crippen LogP contribution < -0.4 is 10.9 Å².